The van der Waals surface area contributed by atoms with Crippen LogP contribution in [0.15, 0.2) is 77.7 Å². The van der Waals surface area contributed by atoms with Crippen LogP contribution in [0.4, 0.5) is 0 Å². The molecule has 0 aliphatic rings. The molecule has 5 nitrogen and oxygen atoms in total. The zero-order chi connectivity index (χ0) is 20.8. The van der Waals surface area contributed by atoms with Gasteiger partial charge < -0.3 is 10.3 Å². The maximum absolute atomic E-state index is 11.5. The van der Waals surface area contributed by atoms with E-state index in [2.05, 4.69) is 51.2 Å². The highest BCUT2D eigenvalue weighted by molar-refractivity contribution is 9.10. The minimum Gasteiger partial charge on any atom is -0.366 e. The maximum atomic E-state index is 11.5. The lowest BCUT2D eigenvalue weighted by molar-refractivity contribution is 0.0999. The highest BCUT2D eigenvalue weighted by Crippen LogP contribution is 2.34. The summed E-state index contributed by atoms with van der Waals surface area (Å²) in [5.74, 6) is -0.466. The van der Waals surface area contributed by atoms with Gasteiger partial charge in [-0.15, -0.1) is 0 Å². The van der Waals surface area contributed by atoms with Crippen molar-refractivity contribution in [1.82, 2.24) is 14.5 Å². The number of para-hydroxylation sites is 1. The van der Waals surface area contributed by atoms with Gasteiger partial charge in [-0.3, -0.25) is 9.78 Å². The lowest BCUT2D eigenvalue weighted by Crippen LogP contribution is -2.11. The third kappa shape index (κ3) is 2.97. The molecule has 0 saturated carbocycles. The van der Waals surface area contributed by atoms with Crippen molar-refractivity contribution in [3.05, 3.63) is 88.8 Å². The fourth-order valence-corrected chi connectivity index (χ4v) is 4.41. The Morgan fingerprint density at radius 2 is 1.90 bits per heavy atom. The van der Waals surface area contributed by atoms with Gasteiger partial charge in [0.05, 0.1) is 11.1 Å². The number of halogens is 1. The van der Waals surface area contributed by atoms with Gasteiger partial charge in [-0.25, -0.2) is 4.98 Å². The molecule has 0 saturated heterocycles. The van der Waals surface area contributed by atoms with Crippen LogP contribution in [-0.2, 0) is 0 Å². The first-order valence-electron chi connectivity index (χ1n) is 9.44. The largest absolute Gasteiger partial charge is 0.366 e. The quantitative estimate of drug-likeness (QED) is 0.394. The van der Waals surface area contributed by atoms with E-state index in [1.165, 1.54) is 0 Å². The van der Waals surface area contributed by atoms with Gasteiger partial charge in [0.15, 0.2) is 0 Å². The van der Waals surface area contributed by atoms with Crippen LogP contribution < -0.4 is 5.73 Å². The van der Waals surface area contributed by atoms with E-state index in [1.54, 1.807) is 6.07 Å². The van der Waals surface area contributed by atoms with E-state index in [0.717, 1.165) is 44.3 Å². The van der Waals surface area contributed by atoms with Gasteiger partial charge >= 0.3 is 0 Å². The molecule has 0 spiro atoms. The second kappa shape index (κ2) is 7.07. The van der Waals surface area contributed by atoms with Gasteiger partial charge in [0.1, 0.15) is 5.65 Å². The highest BCUT2D eigenvalue weighted by Gasteiger charge is 2.15. The Kier molecular flexibility index (Phi) is 4.37. The van der Waals surface area contributed by atoms with Crippen molar-refractivity contribution in [3.63, 3.8) is 0 Å². The highest BCUT2D eigenvalue weighted by atomic mass is 79.9. The van der Waals surface area contributed by atoms with Crippen LogP contribution in [0, 0.1) is 6.92 Å². The second-order valence-corrected chi connectivity index (χ2v) is 8.04. The lowest BCUT2D eigenvalue weighted by atomic mass is 10.0. The van der Waals surface area contributed by atoms with E-state index in [1.807, 2.05) is 53.4 Å². The molecule has 5 aromatic rings. The monoisotopic (exact) mass is 456 g/mol. The number of nitrogens with zero attached hydrogens (tertiary/aromatic N) is 3. The van der Waals surface area contributed by atoms with E-state index >= 15 is 0 Å². The fraction of sp³-hybridized carbons (Fsp3) is 0.0417. The predicted molar refractivity (Wildman–Crippen MR) is 123 cm³/mol. The molecule has 0 fully saturated rings. The summed E-state index contributed by atoms with van der Waals surface area (Å²) in [6, 6.07) is 17.7. The molecular formula is C24H17BrN4O. The number of aromatic nitrogens is 3. The van der Waals surface area contributed by atoms with Crippen LogP contribution in [0.5, 0.6) is 0 Å². The molecule has 5 rings (SSSR count). The van der Waals surface area contributed by atoms with Gasteiger partial charge in [0.25, 0.3) is 0 Å². The summed E-state index contributed by atoms with van der Waals surface area (Å²) in [7, 11) is 0. The first kappa shape index (κ1) is 18.5. The van der Waals surface area contributed by atoms with Crippen LogP contribution in [0.2, 0.25) is 0 Å². The Hall–Kier alpha value is -3.51. The number of aryl methyl sites for hydroxylation is 1. The Morgan fingerprint density at radius 3 is 2.70 bits per heavy atom. The summed E-state index contributed by atoms with van der Waals surface area (Å²) >= 11 is 3.45. The molecular weight excluding hydrogens is 440 g/mol. The molecule has 0 radical (unpaired) electrons. The third-order valence-corrected chi connectivity index (χ3v) is 5.93. The number of primary amides is 1. The van der Waals surface area contributed by atoms with E-state index in [4.69, 9.17) is 5.73 Å². The molecule has 0 aliphatic carbocycles. The summed E-state index contributed by atoms with van der Waals surface area (Å²) in [6.07, 6.45) is 5.78. The van der Waals surface area contributed by atoms with Gasteiger partial charge in [0, 0.05) is 45.1 Å². The normalized spacial score (nSPS) is 11.3. The number of fused-ring (bicyclic) bond motifs is 2. The number of pyridine rings is 2. The SMILES string of the molecule is Cc1cn(-c2ccc(C(N)=O)c(Br)c2)c2nccc(-c3cnc4ccccc4c3)c12. The first-order valence-corrected chi connectivity index (χ1v) is 10.2. The number of carbonyl (C=O) groups excluding carboxylic acids is 1. The van der Waals surface area contributed by atoms with Crippen molar-refractivity contribution in [2.75, 3.05) is 0 Å². The van der Waals surface area contributed by atoms with Crippen molar-refractivity contribution in [1.29, 1.82) is 0 Å². The molecule has 146 valence electrons. The summed E-state index contributed by atoms with van der Waals surface area (Å²) in [6.45, 7) is 2.07. The Bertz CT molecular complexity index is 1450. The fourth-order valence-electron chi connectivity index (χ4n) is 3.85. The lowest BCUT2D eigenvalue weighted by Gasteiger charge is -2.09. The Balaban J connectivity index is 1.71. The number of nitrogens with two attached hydrogens (primary N) is 1. The van der Waals surface area contributed by atoms with E-state index < -0.39 is 5.91 Å². The molecule has 0 unspecified atom stereocenters. The van der Waals surface area contributed by atoms with Crippen molar-refractivity contribution >= 4 is 43.8 Å². The third-order valence-electron chi connectivity index (χ3n) is 5.27. The number of rotatable bonds is 3. The number of hydrogen-bond acceptors (Lipinski definition) is 3. The number of amides is 1. The van der Waals surface area contributed by atoms with Crippen molar-refractivity contribution in [3.8, 4) is 16.8 Å². The number of benzene rings is 2. The maximum Gasteiger partial charge on any atom is 0.249 e. The average Bonchev–Trinajstić information content (AvgIpc) is 3.10. The molecule has 30 heavy (non-hydrogen) atoms. The van der Waals surface area contributed by atoms with Crippen LogP contribution in [0.1, 0.15) is 15.9 Å². The summed E-state index contributed by atoms with van der Waals surface area (Å²) in [5, 5.41) is 2.17. The van der Waals surface area contributed by atoms with E-state index in [0.29, 0.717) is 10.0 Å². The van der Waals surface area contributed by atoms with Crippen LogP contribution >= 0.6 is 15.9 Å². The molecule has 2 aromatic carbocycles. The summed E-state index contributed by atoms with van der Waals surface area (Å²) in [4.78, 5) is 20.8. The van der Waals surface area contributed by atoms with Gasteiger partial charge in [-0.1, -0.05) is 18.2 Å². The molecule has 3 aromatic heterocycles. The van der Waals surface area contributed by atoms with Gasteiger partial charge in [0.2, 0.25) is 5.91 Å². The summed E-state index contributed by atoms with van der Waals surface area (Å²) in [5.41, 5.74) is 11.8. The minimum atomic E-state index is -0.466. The Morgan fingerprint density at radius 1 is 1.07 bits per heavy atom. The Labute approximate surface area is 181 Å². The van der Waals surface area contributed by atoms with Crippen molar-refractivity contribution < 1.29 is 4.79 Å². The zero-order valence-corrected chi connectivity index (χ0v) is 17.7. The van der Waals surface area contributed by atoms with Gasteiger partial charge in [-0.05, 0) is 70.4 Å². The molecule has 0 atom stereocenters. The average molecular weight is 457 g/mol. The van der Waals surface area contributed by atoms with Crippen molar-refractivity contribution in [2.45, 2.75) is 6.92 Å². The topological polar surface area (TPSA) is 73.8 Å². The zero-order valence-electron chi connectivity index (χ0n) is 16.1. The molecule has 6 heteroatoms. The molecule has 1 amide bonds. The molecule has 2 N–H and O–H groups in total. The summed E-state index contributed by atoms with van der Waals surface area (Å²) < 4.78 is 2.68. The predicted octanol–water partition coefficient (Wildman–Crippen LogP) is 5.41. The molecule has 0 aliphatic heterocycles. The standard InChI is InChI=1S/C24H17BrN4O/c1-14-13-29(17-6-7-19(23(26)30)20(25)11-17)24-22(14)18(8-9-27-24)16-10-15-4-2-3-5-21(15)28-12-16/h2-13H,1H3,(H2,26,30). The van der Waals surface area contributed by atoms with E-state index in [-0.39, 0.29) is 0 Å². The van der Waals surface area contributed by atoms with E-state index in [9.17, 15) is 4.79 Å². The van der Waals surface area contributed by atoms with Crippen molar-refractivity contribution in [2.24, 2.45) is 5.73 Å². The minimum absolute atomic E-state index is 0.447. The smallest absolute Gasteiger partial charge is 0.249 e. The number of carbonyl (C=O) groups is 1. The van der Waals surface area contributed by atoms with Crippen LogP contribution in [-0.4, -0.2) is 20.4 Å². The van der Waals surface area contributed by atoms with Crippen LogP contribution in [0.3, 0.4) is 0 Å². The molecule has 0 bridgehead atoms. The van der Waals surface area contributed by atoms with Gasteiger partial charge in [-0.2, -0.15) is 0 Å². The molecule has 3 heterocycles. The first-order chi connectivity index (χ1) is 14.5. The van der Waals surface area contributed by atoms with Crippen LogP contribution in [0.25, 0.3) is 38.8 Å². The second-order valence-electron chi connectivity index (χ2n) is 7.18. The number of hydrogen-bond donors (Lipinski definition) is 1.